The van der Waals surface area contributed by atoms with Crippen molar-refractivity contribution in [2.45, 2.75) is 12.3 Å². The van der Waals surface area contributed by atoms with Crippen molar-refractivity contribution in [3.63, 3.8) is 0 Å². The predicted molar refractivity (Wildman–Crippen MR) is 87.0 cm³/mol. The molecule has 0 fully saturated rings. The molecule has 3 nitrogen and oxygen atoms in total. The quantitative estimate of drug-likeness (QED) is 0.795. The van der Waals surface area contributed by atoms with Gasteiger partial charge >= 0.3 is 0 Å². The SMILES string of the molecule is CN1CCc2cc(Cl)c(O)cc2C(c2cccc(N)c2)C1. The van der Waals surface area contributed by atoms with Crippen molar-refractivity contribution in [2.24, 2.45) is 0 Å². The van der Waals surface area contributed by atoms with E-state index >= 15 is 0 Å². The van der Waals surface area contributed by atoms with Crippen molar-refractivity contribution >= 4 is 17.3 Å². The molecule has 0 bridgehead atoms. The van der Waals surface area contributed by atoms with Gasteiger partial charge in [0, 0.05) is 24.7 Å². The van der Waals surface area contributed by atoms with Crippen LogP contribution in [0.4, 0.5) is 5.69 Å². The smallest absolute Gasteiger partial charge is 0.134 e. The number of hydrogen-bond acceptors (Lipinski definition) is 3. The third kappa shape index (κ3) is 2.85. The number of phenols is 1. The summed E-state index contributed by atoms with van der Waals surface area (Å²) in [7, 11) is 2.12. The zero-order valence-electron chi connectivity index (χ0n) is 12.0. The highest BCUT2D eigenvalue weighted by Gasteiger charge is 2.24. The molecule has 0 aliphatic carbocycles. The van der Waals surface area contributed by atoms with Gasteiger partial charge < -0.3 is 15.7 Å². The highest BCUT2D eigenvalue weighted by atomic mass is 35.5. The number of hydrogen-bond donors (Lipinski definition) is 2. The fourth-order valence-corrected chi connectivity index (χ4v) is 3.22. The number of benzene rings is 2. The van der Waals surface area contributed by atoms with E-state index in [9.17, 15) is 5.11 Å². The Balaban J connectivity index is 2.13. The molecule has 4 heteroatoms. The summed E-state index contributed by atoms with van der Waals surface area (Å²) in [5, 5.41) is 10.4. The molecule has 1 unspecified atom stereocenters. The van der Waals surface area contributed by atoms with Crippen LogP contribution < -0.4 is 5.73 Å². The summed E-state index contributed by atoms with van der Waals surface area (Å²) in [5.74, 6) is 0.341. The van der Waals surface area contributed by atoms with E-state index in [1.807, 2.05) is 30.3 Å². The van der Waals surface area contributed by atoms with Crippen molar-refractivity contribution in [1.29, 1.82) is 0 Å². The van der Waals surface area contributed by atoms with Crippen LogP contribution >= 0.6 is 11.6 Å². The molecule has 0 amide bonds. The molecule has 0 saturated heterocycles. The average molecular weight is 303 g/mol. The van der Waals surface area contributed by atoms with Crippen LogP contribution in [0.2, 0.25) is 5.02 Å². The van der Waals surface area contributed by atoms with Gasteiger partial charge in [-0.05, 0) is 54.4 Å². The van der Waals surface area contributed by atoms with E-state index < -0.39 is 0 Å². The zero-order valence-corrected chi connectivity index (χ0v) is 12.8. The first-order chi connectivity index (χ1) is 10.0. The number of halogens is 1. The van der Waals surface area contributed by atoms with Crippen LogP contribution in [0.1, 0.15) is 22.6 Å². The van der Waals surface area contributed by atoms with E-state index in [4.69, 9.17) is 17.3 Å². The minimum atomic E-state index is 0.147. The van der Waals surface area contributed by atoms with E-state index in [1.54, 1.807) is 0 Å². The van der Waals surface area contributed by atoms with Gasteiger partial charge in [0.2, 0.25) is 0 Å². The average Bonchev–Trinajstić information content (AvgIpc) is 2.60. The van der Waals surface area contributed by atoms with Gasteiger partial charge in [0.05, 0.1) is 5.02 Å². The van der Waals surface area contributed by atoms with Crippen LogP contribution in [0.3, 0.4) is 0 Å². The standard InChI is InChI=1S/C17H19ClN2O/c1-20-6-5-12-8-16(18)17(21)9-14(12)15(10-20)11-3-2-4-13(19)7-11/h2-4,7-9,15,21H,5-6,10,19H2,1H3. The molecule has 0 aromatic heterocycles. The second kappa shape index (κ2) is 5.58. The maximum absolute atomic E-state index is 9.98. The molecule has 21 heavy (non-hydrogen) atoms. The molecule has 110 valence electrons. The van der Waals surface area contributed by atoms with Crippen molar-refractivity contribution in [2.75, 3.05) is 25.9 Å². The van der Waals surface area contributed by atoms with Gasteiger partial charge in [0.15, 0.2) is 0 Å². The second-order valence-electron chi connectivity index (χ2n) is 5.74. The van der Waals surface area contributed by atoms with Gasteiger partial charge in [-0.15, -0.1) is 0 Å². The van der Waals surface area contributed by atoms with Crippen molar-refractivity contribution < 1.29 is 5.11 Å². The molecule has 1 heterocycles. The Morgan fingerprint density at radius 1 is 1.29 bits per heavy atom. The fraction of sp³-hybridized carbons (Fsp3) is 0.294. The largest absolute Gasteiger partial charge is 0.506 e. The van der Waals surface area contributed by atoms with Gasteiger partial charge in [0.25, 0.3) is 0 Å². The maximum atomic E-state index is 9.98. The number of nitrogens with two attached hydrogens (primary N) is 1. The molecule has 3 rings (SSSR count). The predicted octanol–water partition coefficient (Wildman–Crippen LogP) is 3.25. The summed E-state index contributed by atoms with van der Waals surface area (Å²) in [5.41, 5.74) is 10.2. The summed E-state index contributed by atoms with van der Waals surface area (Å²) >= 11 is 6.07. The first-order valence-corrected chi connectivity index (χ1v) is 7.47. The van der Waals surface area contributed by atoms with E-state index in [0.717, 1.165) is 30.8 Å². The lowest BCUT2D eigenvalue weighted by molar-refractivity contribution is 0.338. The Kier molecular flexibility index (Phi) is 3.79. The molecule has 2 aromatic rings. The van der Waals surface area contributed by atoms with Crippen LogP contribution in [-0.4, -0.2) is 30.1 Å². The van der Waals surface area contributed by atoms with Crippen LogP contribution in [0.25, 0.3) is 0 Å². The molecule has 2 aromatic carbocycles. The number of likely N-dealkylation sites (N-methyl/N-ethyl adjacent to an activating group) is 1. The molecule has 0 radical (unpaired) electrons. The highest BCUT2D eigenvalue weighted by molar-refractivity contribution is 6.32. The van der Waals surface area contributed by atoms with Crippen molar-refractivity contribution in [3.05, 3.63) is 58.1 Å². The Morgan fingerprint density at radius 3 is 2.86 bits per heavy atom. The lowest BCUT2D eigenvalue weighted by Gasteiger charge is -2.22. The Hall–Kier alpha value is -1.71. The monoisotopic (exact) mass is 302 g/mol. The number of nitrogens with zero attached hydrogens (tertiary/aromatic N) is 1. The number of rotatable bonds is 1. The lowest BCUT2D eigenvalue weighted by atomic mass is 9.87. The molecule has 0 spiro atoms. The normalized spacial score (nSPS) is 19.0. The third-order valence-corrected chi connectivity index (χ3v) is 4.46. The van der Waals surface area contributed by atoms with E-state index in [-0.39, 0.29) is 11.7 Å². The lowest BCUT2D eigenvalue weighted by Crippen LogP contribution is -2.24. The number of fused-ring (bicyclic) bond motifs is 1. The summed E-state index contributed by atoms with van der Waals surface area (Å²) in [4.78, 5) is 2.30. The first kappa shape index (κ1) is 14.2. The molecule has 1 aliphatic heterocycles. The van der Waals surface area contributed by atoms with Crippen LogP contribution in [0.15, 0.2) is 36.4 Å². The second-order valence-corrected chi connectivity index (χ2v) is 6.14. The highest BCUT2D eigenvalue weighted by Crippen LogP contribution is 2.37. The van der Waals surface area contributed by atoms with Crippen LogP contribution in [0, 0.1) is 0 Å². The van der Waals surface area contributed by atoms with E-state index in [2.05, 4.69) is 18.0 Å². The fourth-order valence-electron chi connectivity index (χ4n) is 3.03. The molecular weight excluding hydrogens is 284 g/mol. The summed E-state index contributed by atoms with van der Waals surface area (Å²) in [6.45, 7) is 1.88. The topological polar surface area (TPSA) is 49.5 Å². The number of phenolic OH excluding ortho intramolecular Hbond substituents is 1. The number of aromatic hydroxyl groups is 1. The van der Waals surface area contributed by atoms with E-state index in [1.165, 1.54) is 11.1 Å². The maximum Gasteiger partial charge on any atom is 0.134 e. The molecule has 1 atom stereocenters. The summed E-state index contributed by atoms with van der Waals surface area (Å²) in [6, 6.07) is 11.7. The van der Waals surface area contributed by atoms with E-state index in [0.29, 0.717) is 5.02 Å². The third-order valence-electron chi connectivity index (χ3n) is 4.15. The van der Waals surface area contributed by atoms with Gasteiger partial charge in [-0.25, -0.2) is 0 Å². The molecular formula is C17H19ClN2O. The van der Waals surface area contributed by atoms with Gasteiger partial charge in [-0.2, -0.15) is 0 Å². The molecule has 0 saturated carbocycles. The zero-order chi connectivity index (χ0) is 15.0. The van der Waals surface area contributed by atoms with Crippen molar-refractivity contribution in [3.8, 4) is 5.75 Å². The van der Waals surface area contributed by atoms with Gasteiger partial charge in [0.1, 0.15) is 5.75 Å². The Bertz CT molecular complexity index is 672. The minimum absolute atomic E-state index is 0.147. The van der Waals surface area contributed by atoms with Gasteiger partial charge in [-0.3, -0.25) is 0 Å². The van der Waals surface area contributed by atoms with Crippen LogP contribution in [0.5, 0.6) is 5.75 Å². The van der Waals surface area contributed by atoms with Gasteiger partial charge in [-0.1, -0.05) is 23.7 Å². The Labute approximate surface area is 130 Å². The molecule has 1 aliphatic rings. The Morgan fingerprint density at radius 2 is 2.10 bits per heavy atom. The number of nitrogen functional groups attached to an aromatic ring is 1. The first-order valence-electron chi connectivity index (χ1n) is 7.10. The summed E-state index contributed by atoms with van der Waals surface area (Å²) < 4.78 is 0. The van der Waals surface area contributed by atoms with Crippen molar-refractivity contribution in [1.82, 2.24) is 4.90 Å². The van der Waals surface area contributed by atoms with Crippen LogP contribution in [-0.2, 0) is 6.42 Å². The number of anilines is 1. The minimum Gasteiger partial charge on any atom is -0.506 e. The molecule has 3 N–H and O–H groups in total. The summed E-state index contributed by atoms with van der Waals surface area (Å²) in [6.07, 6.45) is 0.935.